The Balaban J connectivity index is 0.000000214. The molecule has 0 unspecified atom stereocenters. The SMILES string of the molecule is Cc1ccc(C(=O)Cc2ccc(C[C@@H](N)C(=O)O)cc2)cc1.Cc1ccc(C(=O)Cc2ccc(C[C@@H](N)C(=O)O)cc2)cc1.Cc1ccc(C(=O)Cc2ccc(C[C@H](N)C(=O)O)cc2)cc1.Cc1ccc(C(=O)Cc2ccc(C[C@H](N)C(=O)O)cc2)cc1. The fourth-order valence-corrected chi connectivity index (χ4v) is 8.65. The molecule has 0 spiro atoms. The molecule has 0 radical (unpaired) electrons. The Bertz CT molecular complexity index is 3120. The number of hydrogen-bond donors (Lipinski definition) is 8. The summed E-state index contributed by atoms with van der Waals surface area (Å²) in [7, 11) is 0. The molecule has 8 aromatic rings. The van der Waals surface area contributed by atoms with Crippen molar-refractivity contribution in [1.29, 1.82) is 0 Å². The van der Waals surface area contributed by atoms with Crippen LogP contribution in [0.2, 0.25) is 0 Å². The highest BCUT2D eigenvalue weighted by atomic mass is 16.4. The molecule has 16 nitrogen and oxygen atoms in total. The number of Topliss-reactive ketones (excluding diaryl/α,β-unsaturated/α-hetero) is 4. The van der Waals surface area contributed by atoms with Crippen molar-refractivity contribution in [3.8, 4) is 0 Å². The van der Waals surface area contributed by atoms with E-state index in [1.54, 1.807) is 0 Å². The number of carboxylic acids is 4. The summed E-state index contributed by atoms with van der Waals surface area (Å²) in [4.78, 5) is 91.6. The molecule has 0 saturated carbocycles. The van der Waals surface area contributed by atoms with E-state index in [1.807, 2.05) is 222 Å². The van der Waals surface area contributed by atoms with Gasteiger partial charge in [0.25, 0.3) is 0 Å². The van der Waals surface area contributed by atoms with Gasteiger partial charge in [0.2, 0.25) is 0 Å². The average Bonchev–Trinajstić information content (AvgIpc) is 3.66. The van der Waals surface area contributed by atoms with Crippen LogP contribution < -0.4 is 22.9 Å². The van der Waals surface area contributed by atoms with Crippen LogP contribution in [0.4, 0.5) is 0 Å². The van der Waals surface area contributed by atoms with E-state index in [-0.39, 0.29) is 48.8 Å². The smallest absolute Gasteiger partial charge is 0.320 e. The van der Waals surface area contributed by atoms with Gasteiger partial charge in [0.05, 0.1) is 0 Å². The number of carboxylic acid groups (broad SMARTS) is 4. The third-order valence-corrected chi connectivity index (χ3v) is 14.1. The Kier molecular flexibility index (Phi) is 26.9. The molecule has 4 atom stereocenters. The van der Waals surface area contributed by atoms with Crippen LogP contribution >= 0.6 is 0 Å². The Labute approximate surface area is 512 Å². The van der Waals surface area contributed by atoms with Gasteiger partial charge in [0, 0.05) is 47.9 Å². The molecule has 12 N–H and O–H groups in total. The fourth-order valence-electron chi connectivity index (χ4n) is 8.65. The van der Waals surface area contributed by atoms with E-state index < -0.39 is 48.0 Å². The van der Waals surface area contributed by atoms with E-state index in [0.29, 0.717) is 47.9 Å². The summed E-state index contributed by atoms with van der Waals surface area (Å²) in [5.41, 5.74) is 36.3. The molecule has 0 bridgehead atoms. The van der Waals surface area contributed by atoms with Gasteiger partial charge in [-0.3, -0.25) is 38.4 Å². The van der Waals surface area contributed by atoms with Gasteiger partial charge in [0.1, 0.15) is 24.2 Å². The number of aryl methyl sites for hydroxylation is 4. The van der Waals surface area contributed by atoms with Crippen molar-refractivity contribution >= 4 is 47.0 Å². The third kappa shape index (κ3) is 23.9. The first-order valence-corrected chi connectivity index (χ1v) is 28.5. The van der Waals surface area contributed by atoms with Gasteiger partial charge in [-0.2, -0.15) is 0 Å². The van der Waals surface area contributed by atoms with E-state index in [2.05, 4.69) is 0 Å². The molecule has 16 heteroatoms. The summed E-state index contributed by atoms with van der Waals surface area (Å²) in [6.07, 6.45) is 2.43. The van der Waals surface area contributed by atoms with E-state index >= 15 is 0 Å². The number of nitrogens with two attached hydrogens (primary N) is 4. The molecule has 0 aliphatic carbocycles. The fraction of sp³-hybridized carbons (Fsp3) is 0.222. The lowest BCUT2D eigenvalue weighted by Crippen LogP contribution is -2.32. The topological polar surface area (TPSA) is 322 Å². The predicted octanol–water partition coefficient (Wildman–Crippen LogP) is 9.50. The van der Waals surface area contributed by atoms with Crippen molar-refractivity contribution in [3.63, 3.8) is 0 Å². The summed E-state index contributed by atoms with van der Waals surface area (Å²) >= 11 is 0. The molecule has 456 valence electrons. The highest BCUT2D eigenvalue weighted by Crippen LogP contribution is 2.17. The van der Waals surface area contributed by atoms with Gasteiger partial charge in [-0.15, -0.1) is 0 Å². The van der Waals surface area contributed by atoms with E-state index in [0.717, 1.165) is 66.8 Å². The van der Waals surface area contributed by atoms with Crippen LogP contribution in [0.1, 0.15) is 108 Å². The number of aliphatic carboxylic acids is 4. The number of benzene rings is 8. The lowest BCUT2D eigenvalue weighted by atomic mass is 9.99. The lowest BCUT2D eigenvalue weighted by Gasteiger charge is -2.07. The van der Waals surface area contributed by atoms with Crippen LogP contribution in [0.3, 0.4) is 0 Å². The zero-order valence-corrected chi connectivity index (χ0v) is 49.8. The Morgan fingerprint density at radius 2 is 0.386 bits per heavy atom. The predicted molar refractivity (Wildman–Crippen MR) is 340 cm³/mol. The minimum Gasteiger partial charge on any atom is -0.480 e. The summed E-state index contributed by atoms with van der Waals surface area (Å²) < 4.78 is 0. The molecule has 0 aliphatic heterocycles. The molecule has 0 amide bonds. The first-order valence-electron chi connectivity index (χ1n) is 28.5. The number of rotatable bonds is 24. The Morgan fingerprint density at radius 1 is 0.250 bits per heavy atom. The highest BCUT2D eigenvalue weighted by Gasteiger charge is 2.17. The second-order valence-corrected chi connectivity index (χ2v) is 21.7. The molecular weight excluding hydrogens is 1110 g/mol. The van der Waals surface area contributed by atoms with E-state index in [1.165, 1.54) is 0 Å². The number of ketones is 4. The molecule has 0 saturated heterocycles. The molecule has 88 heavy (non-hydrogen) atoms. The molecule has 0 aliphatic rings. The standard InChI is InChI=1S/4C18H19NO3/c4*1-12-2-8-15(9-3-12)17(20)11-14-6-4-13(5-7-14)10-16(19)18(21)22/h4*2-9,16H,10-11,19H2,1H3,(H,21,22)/t4*16-/m1100/s1. The largest absolute Gasteiger partial charge is 0.480 e. The van der Waals surface area contributed by atoms with Crippen molar-refractivity contribution < 1.29 is 58.8 Å². The summed E-state index contributed by atoms with van der Waals surface area (Å²) in [6, 6.07) is 55.7. The maximum atomic E-state index is 12.2. The molecule has 8 aromatic carbocycles. The van der Waals surface area contributed by atoms with E-state index in [4.69, 9.17) is 43.4 Å². The van der Waals surface area contributed by atoms with Gasteiger partial charge in [0.15, 0.2) is 23.1 Å². The minimum absolute atomic E-state index is 0.0648. The summed E-state index contributed by atoms with van der Waals surface area (Å²) in [5.74, 6) is -3.80. The number of carbonyl (C=O) groups excluding carboxylic acids is 4. The van der Waals surface area contributed by atoms with Crippen molar-refractivity contribution in [3.05, 3.63) is 283 Å². The van der Waals surface area contributed by atoms with Gasteiger partial charge in [-0.05, 0) is 97.9 Å². The third-order valence-electron chi connectivity index (χ3n) is 14.1. The van der Waals surface area contributed by atoms with Crippen LogP contribution in [0.5, 0.6) is 0 Å². The lowest BCUT2D eigenvalue weighted by molar-refractivity contribution is -0.139. The van der Waals surface area contributed by atoms with Gasteiger partial charge in [-0.25, -0.2) is 0 Å². The van der Waals surface area contributed by atoms with Crippen LogP contribution in [0.15, 0.2) is 194 Å². The van der Waals surface area contributed by atoms with E-state index in [9.17, 15) is 38.4 Å². The quantitative estimate of drug-likeness (QED) is 0.0261. The first-order chi connectivity index (χ1) is 41.8. The second kappa shape index (κ2) is 34.3. The highest BCUT2D eigenvalue weighted by molar-refractivity contribution is 5.99. The molecular formula is C72H76N4O12. The molecule has 8 rings (SSSR count). The molecule has 0 heterocycles. The second-order valence-electron chi connectivity index (χ2n) is 21.7. The van der Waals surface area contributed by atoms with Gasteiger partial charge < -0.3 is 43.4 Å². The summed E-state index contributed by atoms with van der Waals surface area (Å²) in [6.45, 7) is 7.92. The van der Waals surface area contributed by atoms with Gasteiger partial charge in [-0.1, -0.05) is 216 Å². The zero-order valence-electron chi connectivity index (χ0n) is 49.8. The molecule has 0 aromatic heterocycles. The number of carbonyl (C=O) groups is 8. The van der Waals surface area contributed by atoms with Crippen LogP contribution in [0.25, 0.3) is 0 Å². The van der Waals surface area contributed by atoms with Crippen LogP contribution in [-0.4, -0.2) is 91.6 Å². The Hall–Kier alpha value is -9.84. The maximum Gasteiger partial charge on any atom is 0.320 e. The van der Waals surface area contributed by atoms with Crippen molar-refractivity contribution in [1.82, 2.24) is 0 Å². The normalized spacial score (nSPS) is 11.9. The minimum atomic E-state index is -1.02. The van der Waals surface area contributed by atoms with Crippen molar-refractivity contribution in [2.24, 2.45) is 22.9 Å². The average molecular weight is 1190 g/mol. The zero-order chi connectivity index (χ0) is 64.5. The van der Waals surface area contributed by atoms with Crippen molar-refractivity contribution in [2.45, 2.75) is 103 Å². The Morgan fingerprint density at radius 3 is 0.523 bits per heavy atom. The van der Waals surface area contributed by atoms with Crippen LogP contribution in [-0.2, 0) is 70.5 Å². The first kappa shape index (κ1) is 68.9. The van der Waals surface area contributed by atoms with Crippen LogP contribution in [0, 0.1) is 27.7 Å². The maximum absolute atomic E-state index is 12.2. The van der Waals surface area contributed by atoms with Crippen molar-refractivity contribution in [2.75, 3.05) is 0 Å². The molecule has 0 fully saturated rings. The summed E-state index contributed by atoms with van der Waals surface area (Å²) in [5, 5.41) is 35.2. The number of hydrogen-bond acceptors (Lipinski definition) is 12. The monoisotopic (exact) mass is 1190 g/mol. The van der Waals surface area contributed by atoms with Gasteiger partial charge >= 0.3 is 23.9 Å².